The zero-order chi connectivity index (χ0) is 14.8. The molecule has 0 aliphatic heterocycles. The van der Waals surface area contributed by atoms with Gasteiger partial charge in [0.1, 0.15) is 5.75 Å². The van der Waals surface area contributed by atoms with Gasteiger partial charge in [0, 0.05) is 16.5 Å². The lowest BCUT2D eigenvalue weighted by atomic mass is 9.97. The molecule has 3 aromatic rings. The highest BCUT2D eigenvalue weighted by Crippen LogP contribution is 2.36. The molecule has 2 nitrogen and oxygen atoms in total. The third-order valence-corrected chi connectivity index (χ3v) is 4.02. The number of rotatable bonds is 3. The van der Waals surface area contributed by atoms with E-state index in [1.54, 1.807) is 7.11 Å². The first-order valence-corrected chi connectivity index (χ1v) is 7.36. The number of ketones is 1. The van der Waals surface area contributed by atoms with E-state index in [1.807, 2.05) is 60.7 Å². The van der Waals surface area contributed by atoms with Crippen LogP contribution in [0, 0.1) is 0 Å². The van der Waals surface area contributed by atoms with Gasteiger partial charge in [-0.15, -0.1) is 0 Å². The molecule has 0 heterocycles. The van der Waals surface area contributed by atoms with E-state index in [1.165, 1.54) is 0 Å². The largest absolute Gasteiger partial charge is 0.495 e. The molecule has 0 amide bonds. The molecular weight excluding hydrogens is 328 g/mol. The summed E-state index contributed by atoms with van der Waals surface area (Å²) in [6.45, 7) is 0. The number of halogens is 1. The fourth-order valence-corrected chi connectivity index (χ4v) is 3.06. The zero-order valence-corrected chi connectivity index (χ0v) is 13.1. The van der Waals surface area contributed by atoms with Crippen molar-refractivity contribution in [3.05, 3.63) is 76.3 Å². The van der Waals surface area contributed by atoms with Crippen molar-refractivity contribution in [3.8, 4) is 5.75 Å². The molecular formula is C18H13BrO2. The van der Waals surface area contributed by atoms with E-state index < -0.39 is 0 Å². The van der Waals surface area contributed by atoms with Crippen LogP contribution in [0.5, 0.6) is 5.75 Å². The van der Waals surface area contributed by atoms with E-state index in [-0.39, 0.29) is 5.78 Å². The van der Waals surface area contributed by atoms with Gasteiger partial charge in [-0.1, -0.05) is 54.6 Å². The number of ether oxygens (including phenoxy) is 1. The minimum absolute atomic E-state index is 0.00940. The molecule has 0 atom stereocenters. The average Bonchev–Trinajstić information content (AvgIpc) is 2.54. The van der Waals surface area contributed by atoms with Crippen molar-refractivity contribution >= 4 is 32.5 Å². The van der Waals surface area contributed by atoms with Gasteiger partial charge >= 0.3 is 0 Å². The fraction of sp³-hybridized carbons (Fsp3) is 0.0556. The molecule has 0 fully saturated rings. The minimum Gasteiger partial charge on any atom is -0.495 e. The molecule has 0 aromatic heterocycles. The Morgan fingerprint density at radius 2 is 1.57 bits per heavy atom. The normalized spacial score (nSPS) is 10.6. The van der Waals surface area contributed by atoms with Gasteiger partial charge in [0.25, 0.3) is 0 Å². The summed E-state index contributed by atoms with van der Waals surface area (Å²) in [6, 6.07) is 18.9. The third kappa shape index (κ3) is 2.45. The van der Waals surface area contributed by atoms with Crippen LogP contribution in [0.15, 0.2) is 65.1 Å². The highest BCUT2D eigenvalue weighted by molar-refractivity contribution is 9.10. The number of hydrogen-bond acceptors (Lipinski definition) is 2. The van der Waals surface area contributed by atoms with E-state index in [2.05, 4.69) is 15.9 Å². The first-order chi connectivity index (χ1) is 10.2. The lowest BCUT2D eigenvalue weighted by Crippen LogP contribution is -2.03. The Kier molecular flexibility index (Phi) is 3.76. The first kappa shape index (κ1) is 13.8. The topological polar surface area (TPSA) is 26.3 Å². The quantitative estimate of drug-likeness (QED) is 0.637. The number of carbonyl (C=O) groups excluding carboxylic acids is 1. The van der Waals surface area contributed by atoms with Gasteiger partial charge in [0.2, 0.25) is 0 Å². The van der Waals surface area contributed by atoms with Crippen LogP contribution >= 0.6 is 15.9 Å². The molecule has 0 unspecified atom stereocenters. The van der Waals surface area contributed by atoms with Gasteiger partial charge in [0.05, 0.1) is 11.6 Å². The van der Waals surface area contributed by atoms with Crippen LogP contribution in [0.2, 0.25) is 0 Å². The number of fused-ring (bicyclic) bond motifs is 1. The van der Waals surface area contributed by atoms with Crippen molar-refractivity contribution < 1.29 is 9.53 Å². The Morgan fingerprint density at radius 3 is 2.24 bits per heavy atom. The molecule has 3 heteroatoms. The van der Waals surface area contributed by atoms with Crippen LogP contribution in [0.3, 0.4) is 0 Å². The zero-order valence-electron chi connectivity index (χ0n) is 11.5. The van der Waals surface area contributed by atoms with Crippen LogP contribution in [0.1, 0.15) is 15.9 Å². The average molecular weight is 341 g/mol. The second-order valence-corrected chi connectivity index (χ2v) is 5.53. The van der Waals surface area contributed by atoms with Gasteiger partial charge in [0.15, 0.2) is 5.78 Å². The summed E-state index contributed by atoms with van der Waals surface area (Å²) in [4.78, 5) is 12.8. The molecule has 21 heavy (non-hydrogen) atoms. The predicted octanol–water partition coefficient (Wildman–Crippen LogP) is 4.84. The SMILES string of the molecule is COc1c(Br)cc(C(=O)c2ccccc2)c2ccccc12. The van der Waals surface area contributed by atoms with E-state index in [9.17, 15) is 4.79 Å². The summed E-state index contributed by atoms with van der Waals surface area (Å²) < 4.78 is 6.22. The molecule has 3 rings (SSSR count). The Labute approximate surface area is 131 Å². The molecule has 0 bridgehead atoms. The van der Waals surface area contributed by atoms with Gasteiger partial charge in [-0.2, -0.15) is 0 Å². The Hall–Kier alpha value is -2.13. The fourth-order valence-electron chi connectivity index (χ4n) is 2.46. The molecule has 0 saturated heterocycles. The van der Waals surface area contributed by atoms with Gasteiger partial charge in [-0.05, 0) is 27.4 Å². The molecule has 104 valence electrons. The highest BCUT2D eigenvalue weighted by atomic mass is 79.9. The molecule has 3 aromatic carbocycles. The Morgan fingerprint density at radius 1 is 0.952 bits per heavy atom. The minimum atomic E-state index is 0.00940. The monoisotopic (exact) mass is 340 g/mol. The summed E-state index contributed by atoms with van der Waals surface area (Å²) in [7, 11) is 1.63. The molecule has 0 N–H and O–H groups in total. The predicted molar refractivity (Wildman–Crippen MR) is 88.1 cm³/mol. The van der Waals surface area contributed by atoms with Gasteiger partial charge in [-0.25, -0.2) is 0 Å². The van der Waals surface area contributed by atoms with E-state index in [4.69, 9.17) is 4.74 Å². The van der Waals surface area contributed by atoms with Crippen LogP contribution in [-0.2, 0) is 0 Å². The maximum Gasteiger partial charge on any atom is 0.193 e. The van der Waals surface area contributed by atoms with E-state index in [0.717, 1.165) is 21.0 Å². The van der Waals surface area contributed by atoms with Crippen molar-refractivity contribution in [2.45, 2.75) is 0 Å². The third-order valence-electron chi connectivity index (χ3n) is 3.43. The summed E-state index contributed by atoms with van der Waals surface area (Å²) in [5.74, 6) is 0.755. The lowest BCUT2D eigenvalue weighted by molar-refractivity contribution is 0.104. The molecule has 0 aliphatic carbocycles. The summed E-state index contributed by atoms with van der Waals surface area (Å²) >= 11 is 3.49. The molecule has 0 aliphatic rings. The van der Waals surface area contributed by atoms with Crippen molar-refractivity contribution in [3.63, 3.8) is 0 Å². The number of methoxy groups -OCH3 is 1. The maximum atomic E-state index is 12.8. The van der Waals surface area contributed by atoms with Crippen molar-refractivity contribution in [1.29, 1.82) is 0 Å². The van der Waals surface area contributed by atoms with Crippen LogP contribution in [0.25, 0.3) is 10.8 Å². The van der Waals surface area contributed by atoms with E-state index in [0.29, 0.717) is 11.1 Å². The first-order valence-electron chi connectivity index (χ1n) is 6.57. The molecule has 0 saturated carbocycles. The van der Waals surface area contributed by atoms with Gasteiger partial charge < -0.3 is 4.74 Å². The smallest absolute Gasteiger partial charge is 0.193 e. The van der Waals surface area contributed by atoms with E-state index >= 15 is 0 Å². The number of benzene rings is 3. The Balaban J connectivity index is 2.27. The summed E-state index contributed by atoms with van der Waals surface area (Å²) in [6.07, 6.45) is 0. The lowest BCUT2D eigenvalue weighted by Gasteiger charge is -2.12. The Bertz CT molecular complexity index is 810. The van der Waals surface area contributed by atoms with Crippen LogP contribution in [0.4, 0.5) is 0 Å². The van der Waals surface area contributed by atoms with Crippen molar-refractivity contribution in [2.24, 2.45) is 0 Å². The van der Waals surface area contributed by atoms with Crippen LogP contribution < -0.4 is 4.74 Å². The second kappa shape index (κ2) is 5.70. The molecule has 0 spiro atoms. The van der Waals surface area contributed by atoms with Crippen LogP contribution in [-0.4, -0.2) is 12.9 Å². The van der Waals surface area contributed by atoms with Gasteiger partial charge in [-0.3, -0.25) is 4.79 Å². The second-order valence-electron chi connectivity index (χ2n) is 4.68. The van der Waals surface area contributed by atoms with Crippen molar-refractivity contribution in [2.75, 3.05) is 7.11 Å². The van der Waals surface area contributed by atoms with Crippen molar-refractivity contribution in [1.82, 2.24) is 0 Å². The maximum absolute atomic E-state index is 12.8. The summed E-state index contributed by atoms with van der Waals surface area (Å²) in [5.41, 5.74) is 1.35. The number of carbonyl (C=O) groups is 1. The number of hydrogen-bond donors (Lipinski definition) is 0. The standard InChI is InChI=1S/C18H13BrO2/c1-21-18-14-10-6-5-9-13(14)15(11-16(18)19)17(20)12-7-3-2-4-8-12/h2-11H,1H3. The summed E-state index contributed by atoms with van der Waals surface area (Å²) in [5, 5.41) is 1.82. The highest BCUT2D eigenvalue weighted by Gasteiger charge is 2.17. The molecule has 0 radical (unpaired) electrons.